The van der Waals surface area contributed by atoms with Crippen LogP contribution in [0.5, 0.6) is 0 Å². The molecule has 0 spiro atoms. The minimum absolute atomic E-state index is 0.000525. The molecule has 0 aliphatic rings. The Kier molecular flexibility index (Phi) is 5.02. The molecule has 0 saturated heterocycles. The smallest absolute Gasteiger partial charge is 0.312 e. The van der Waals surface area contributed by atoms with Crippen molar-refractivity contribution in [3.05, 3.63) is 63.1 Å². The molecular weight excluding hydrogens is 350 g/mol. The Morgan fingerprint density at radius 2 is 1.96 bits per heavy atom. The number of aryl methyl sites for hydroxylation is 2. The third kappa shape index (κ3) is 3.86. The number of nitrogens with one attached hydrogen (secondary N) is 1. The Morgan fingerprint density at radius 1 is 1.26 bits per heavy atom. The Balaban J connectivity index is 1.61. The number of rotatable bonds is 6. The van der Waals surface area contributed by atoms with Gasteiger partial charge in [0.15, 0.2) is 11.5 Å². The lowest BCUT2D eigenvalue weighted by atomic mass is 10.1. The van der Waals surface area contributed by atoms with Crippen LogP contribution in [0, 0.1) is 30.9 Å². The molecule has 0 atom stereocenters. The molecule has 3 aromatic rings. The third-order valence-corrected chi connectivity index (χ3v) is 4.21. The zero-order valence-electron chi connectivity index (χ0n) is 15.2. The zero-order chi connectivity index (χ0) is 19.6. The van der Waals surface area contributed by atoms with Gasteiger partial charge in [0.1, 0.15) is 11.4 Å². The van der Waals surface area contributed by atoms with Crippen molar-refractivity contribution in [3.8, 4) is 11.3 Å². The standard InChI is InChI=1S/C18H19N5O4/c1-11-4-6-14(7-5-11)16-10-15(21-27-16)18(24)19-8-9-22-13(3)17(23(25)26)12(2)20-22/h4-7,10H,8-9H2,1-3H3,(H,19,24). The molecule has 27 heavy (non-hydrogen) atoms. The first kappa shape index (κ1) is 18.3. The lowest BCUT2D eigenvalue weighted by Gasteiger charge is -2.04. The quantitative estimate of drug-likeness (QED) is 0.527. The third-order valence-electron chi connectivity index (χ3n) is 4.21. The zero-order valence-corrected chi connectivity index (χ0v) is 15.2. The molecule has 0 bridgehead atoms. The van der Waals surface area contributed by atoms with Gasteiger partial charge in [0.2, 0.25) is 0 Å². The van der Waals surface area contributed by atoms with E-state index in [1.165, 1.54) is 4.68 Å². The van der Waals surface area contributed by atoms with Gasteiger partial charge in [-0.05, 0) is 20.8 Å². The van der Waals surface area contributed by atoms with E-state index in [1.807, 2.05) is 31.2 Å². The number of hydrogen-bond acceptors (Lipinski definition) is 6. The Hall–Kier alpha value is -3.49. The molecule has 0 unspecified atom stereocenters. The number of aromatic nitrogens is 3. The van der Waals surface area contributed by atoms with Gasteiger partial charge in [-0.25, -0.2) is 0 Å². The SMILES string of the molecule is Cc1ccc(-c2cc(C(=O)NCCn3nc(C)c([N+](=O)[O-])c3C)no2)cc1. The predicted molar refractivity (Wildman–Crippen MR) is 97.4 cm³/mol. The predicted octanol–water partition coefficient (Wildman–Crippen LogP) is 2.80. The van der Waals surface area contributed by atoms with Gasteiger partial charge in [-0.15, -0.1) is 0 Å². The molecule has 9 nitrogen and oxygen atoms in total. The van der Waals surface area contributed by atoms with Crippen LogP contribution in [0.25, 0.3) is 11.3 Å². The van der Waals surface area contributed by atoms with Crippen LogP contribution >= 0.6 is 0 Å². The first-order valence-corrected chi connectivity index (χ1v) is 8.37. The number of nitro groups is 1. The van der Waals surface area contributed by atoms with Crippen molar-refractivity contribution in [2.24, 2.45) is 0 Å². The van der Waals surface area contributed by atoms with E-state index in [-0.39, 0.29) is 23.8 Å². The summed E-state index contributed by atoms with van der Waals surface area (Å²) >= 11 is 0. The average molecular weight is 369 g/mol. The molecule has 9 heteroatoms. The van der Waals surface area contributed by atoms with Gasteiger partial charge in [-0.1, -0.05) is 35.0 Å². The van der Waals surface area contributed by atoms with Gasteiger partial charge in [-0.3, -0.25) is 19.6 Å². The largest absolute Gasteiger partial charge is 0.355 e. The summed E-state index contributed by atoms with van der Waals surface area (Å²) in [6.07, 6.45) is 0. The van der Waals surface area contributed by atoms with Gasteiger partial charge in [0, 0.05) is 18.2 Å². The van der Waals surface area contributed by atoms with Crippen LogP contribution in [0.3, 0.4) is 0 Å². The normalized spacial score (nSPS) is 10.8. The van der Waals surface area contributed by atoms with Gasteiger partial charge < -0.3 is 9.84 Å². The van der Waals surface area contributed by atoms with Crippen molar-refractivity contribution < 1.29 is 14.2 Å². The lowest BCUT2D eigenvalue weighted by molar-refractivity contribution is -0.386. The molecule has 0 aliphatic carbocycles. The second kappa shape index (κ2) is 7.40. The second-order valence-electron chi connectivity index (χ2n) is 6.20. The van der Waals surface area contributed by atoms with Crippen LogP contribution in [-0.2, 0) is 6.54 Å². The maximum atomic E-state index is 12.2. The van der Waals surface area contributed by atoms with Crippen LogP contribution in [0.1, 0.15) is 27.4 Å². The van der Waals surface area contributed by atoms with E-state index in [2.05, 4.69) is 15.6 Å². The van der Waals surface area contributed by atoms with E-state index in [0.29, 0.717) is 23.7 Å². The fourth-order valence-electron chi connectivity index (χ4n) is 2.77. The molecule has 3 rings (SSSR count). The Morgan fingerprint density at radius 3 is 2.59 bits per heavy atom. The summed E-state index contributed by atoms with van der Waals surface area (Å²) < 4.78 is 6.75. The highest BCUT2D eigenvalue weighted by Gasteiger charge is 2.21. The minimum atomic E-state index is -0.450. The average Bonchev–Trinajstić information content (AvgIpc) is 3.21. The molecule has 140 valence electrons. The molecule has 1 aromatic carbocycles. The molecule has 0 saturated carbocycles. The summed E-state index contributed by atoms with van der Waals surface area (Å²) in [5.74, 6) is 0.127. The fraction of sp³-hybridized carbons (Fsp3) is 0.278. The van der Waals surface area contributed by atoms with Crippen molar-refractivity contribution in [2.45, 2.75) is 27.3 Å². The highest BCUT2D eigenvalue weighted by atomic mass is 16.6. The summed E-state index contributed by atoms with van der Waals surface area (Å²) in [5, 5.41) is 21.7. The second-order valence-corrected chi connectivity index (χ2v) is 6.20. The van der Waals surface area contributed by atoms with E-state index in [0.717, 1.165) is 11.1 Å². The van der Waals surface area contributed by atoms with Crippen LogP contribution in [0.2, 0.25) is 0 Å². The monoisotopic (exact) mass is 369 g/mol. The van der Waals surface area contributed by atoms with Gasteiger partial charge in [-0.2, -0.15) is 5.10 Å². The van der Waals surface area contributed by atoms with E-state index in [4.69, 9.17) is 4.52 Å². The van der Waals surface area contributed by atoms with Crippen molar-refractivity contribution in [1.82, 2.24) is 20.3 Å². The minimum Gasteiger partial charge on any atom is -0.355 e. The van der Waals surface area contributed by atoms with Gasteiger partial charge >= 0.3 is 5.69 Å². The summed E-state index contributed by atoms with van der Waals surface area (Å²) in [4.78, 5) is 22.8. The topological polar surface area (TPSA) is 116 Å². The summed E-state index contributed by atoms with van der Waals surface area (Å²) in [6.45, 7) is 5.77. The summed E-state index contributed by atoms with van der Waals surface area (Å²) in [6, 6.07) is 9.27. The van der Waals surface area contributed by atoms with Gasteiger partial charge in [0.25, 0.3) is 5.91 Å². The number of carbonyl (C=O) groups excluding carboxylic acids is 1. The van der Waals surface area contributed by atoms with E-state index in [1.54, 1.807) is 19.9 Å². The van der Waals surface area contributed by atoms with Crippen LogP contribution in [0.15, 0.2) is 34.9 Å². The highest BCUT2D eigenvalue weighted by molar-refractivity contribution is 5.93. The first-order chi connectivity index (χ1) is 12.9. The maximum Gasteiger partial charge on any atom is 0.312 e. The van der Waals surface area contributed by atoms with Crippen LogP contribution in [-0.4, -0.2) is 32.3 Å². The van der Waals surface area contributed by atoms with Crippen molar-refractivity contribution >= 4 is 11.6 Å². The van der Waals surface area contributed by atoms with Crippen molar-refractivity contribution in [3.63, 3.8) is 0 Å². The van der Waals surface area contributed by atoms with Gasteiger partial charge in [0.05, 0.1) is 11.5 Å². The number of nitrogens with zero attached hydrogens (tertiary/aromatic N) is 4. The van der Waals surface area contributed by atoms with E-state index < -0.39 is 4.92 Å². The molecule has 0 aliphatic heterocycles. The molecular formula is C18H19N5O4. The molecule has 0 radical (unpaired) electrons. The number of benzene rings is 1. The Bertz CT molecular complexity index is 988. The lowest BCUT2D eigenvalue weighted by Crippen LogP contribution is -2.28. The number of carbonyl (C=O) groups is 1. The first-order valence-electron chi connectivity index (χ1n) is 8.37. The van der Waals surface area contributed by atoms with E-state index >= 15 is 0 Å². The summed E-state index contributed by atoms with van der Waals surface area (Å²) in [7, 11) is 0. The highest BCUT2D eigenvalue weighted by Crippen LogP contribution is 2.22. The van der Waals surface area contributed by atoms with Crippen LogP contribution in [0.4, 0.5) is 5.69 Å². The molecule has 1 N–H and O–H groups in total. The number of amides is 1. The number of hydrogen-bond donors (Lipinski definition) is 1. The van der Waals surface area contributed by atoms with E-state index in [9.17, 15) is 14.9 Å². The molecule has 1 amide bonds. The fourth-order valence-corrected chi connectivity index (χ4v) is 2.77. The molecule has 0 fully saturated rings. The summed E-state index contributed by atoms with van der Waals surface area (Å²) in [5.41, 5.74) is 2.94. The van der Waals surface area contributed by atoms with Crippen molar-refractivity contribution in [1.29, 1.82) is 0 Å². The Labute approximate surface area is 155 Å². The maximum absolute atomic E-state index is 12.2. The van der Waals surface area contributed by atoms with Crippen LogP contribution < -0.4 is 5.32 Å². The van der Waals surface area contributed by atoms with Crippen molar-refractivity contribution in [2.75, 3.05) is 6.54 Å². The molecule has 2 heterocycles. The molecule has 2 aromatic heterocycles.